The van der Waals surface area contributed by atoms with Gasteiger partial charge in [0.15, 0.2) is 0 Å². The number of nitrogens with one attached hydrogen (secondary N) is 1. The molecule has 102 valence electrons. The maximum absolute atomic E-state index is 5.72. The van der Waals surface area contributed by atoms with E-state index in [0.29, 0.717) is 12.0 Å². The molecule has 0 saturated heterocycles. The summed E-state index contributed by atoms with van der Waals surface area (Å²) in [5.41, 5.74) is 1.13. The number of hydrogen-bond donors (Lipinski definition) is 1. The van der Waals surface area contributed by atoms with Crippen LogP contribution in [0.25, 0.3) is 0 Å². The van der Waals surface area contributed by atoms with E-state index < -0.39 is 0 Å². The van der Waals surface area contributed by atoms with Crippen LogP contribution in [-0.4, -0.2) is 17.1 Å². The van der Waals surface area contributed by atoms with E-state index in [1.807, 2.05) is 19.9 Å². The molecule has 0 aliphatic carbocycles. The summed E-state index contributed by atoms with van der Waals surface area (Å²) in [6, 6.07) is 4.57. The van der Waals surface area contributed by atoms with Crippen molar-refractivity contribution in [3.63, 3.8) is 0 Å². The average Bonchev–Trinajstić information content (AvgIpc) is 2.30. The monoisotopic (exact) mass is 250 g/mol. The van der Waals surface area contributed by atoms with Crippen LogP contribution in [-0.2, 0) is 6.54 Å². The van der Waals surface area contributed by atoms with Gasteiger partial charge in [0.05, 0.1) is 6.10 Å². The Hall–Kier alpha value is -1.09. The van der Waals surface area contributed by atoms with Crippen molar-refractivity contribution >= 4 is 0 Å². The average molecular weight is 250 g/mol. The summed E-state index contributed by atoms with van der Waals surface area (Å²) in [7, 11) is 0. The van der Waals surface area contributed by atoms with Gasteiger partial charge in [0, 0.05) is 24.3 Å². The first-order valence-electron chi connectivity index (χ1n) is 6.88. The summed E-state index contributed by atoms with van der Waals surface area (Å²) >= 11 is 0. The number of nitrogens with zero attached hydrogens (tertiary/aromatic N) is 1. The zero-order valence-electron chi connectivity index (χ0n) is 12.2. The molecule has 0 aromatic carbocycles. The molecule has 1 atom stereocenters. The molecule has 1 N–H and O–H groups in total. The molecule has 1 aromatic heterocycles. The molecule has 3 heteroatoms. The van der Waals surface area contributed by atoms with Gasteiger partial charge in [0.1, 0.15) is 0 Å². The SMILES string of the molecule is CCC(NCc1cccnc1OC(C)C)C(C)C. The third-order valence-corrected chi connectivity index (χ3v) is 3.00. The van der Waals surface area contributed by atoms with E-state index in [-0.39, 0.29) is 6.10 Å². The van der Waals surface area contributed by atoms with Crippen LogP contribution in [0.1, 0.15) is 46.6 Å². The smallest absolute Gasteiger partial charge is 0.218 e. The molecule has 1 aromatic rings. The summed E-state index contributed by atoms with van der Waals surface area (Å²) in [5.74, 6) is 1.39. The fraction of sp³-hybridized carbons (Fsp3) is 0.667. The molecule has 0 radical (unpaired) electrons. The van der Waals surface area contributed by atoms with Crippen molar-refractivity contribution in [2.24, 2.45) is 5.92 Å². The van der Waals surface area contributed by atoms with Crippen molar-refractivity contribution in [3.8, 4) is 5.88 Å². The number of pyridine rings is 1. The van der Waals surface area contributed by atoms with Crippen LogP contribution in [0.2, 0.25) is 0 Å². The van der Waals surface area contributed by atoms with Crippen molar-refractivity contribution in [1.82, 2.24) is 10.3 Å². The quantitative estimate of drug-likeness (QED) is 0.805. The van der Waals surface area contributed by atoms with Gasteiger partial charge in [0.2, 0.25) is 5.88 Å². The molecule has 18 heavy (non-hydrogen) atoms. The zero-order valence-corrected chi connectivity index (χ0v) is 12.2. The van der Waals surface area contributed by atoms with Gasteiger partial charge in [-0.1, -0.05) is 26.8 Å². The van der Waals surface area contributed by atoms with E-state index in [1.54, 1.807) is 6.20 Å². The van der Waals surface area contributed by atoms with E-state index in [0.717, 1.165) is 24.4 Å². The molecule has 0 saturated carbocycles. The first-order valence-corrected chi connectivity index (χ1v) is 6.88. The molecule has 0 spiro atoms. The number of aromatic nitrogens is 1. The lowest BCUT2D eigenvalue weighted by molar-refractivity contribution is 0.228. The highest BCUT2D eigenvalue weighted by Crippen LogP contribution is 2.16. The maximum atomic E-state index is 5.72. The fourth-order valence-electron chi connectivity index (χ4n) is 1.98. The first-order chi connectivity index (χ1) is 8.54. The Morgan fingerprint density at radius 3 is 2.56 bits per heavy atom. The van der Waals surface area contributed by atoms with Gasteiger partial charge in [-0.2, -0.15) is 0 Å². The lowest BCUT2D eigenvalue weighted by atomic mass is 10.0. The maximum Gasteiger partial charge on any atom is 0.218 e. The standard InChI is InChI=1S/C15H26N2O/c1-6-14(11(2)3)17-10-13-8-7-9-16-15(13)18-12(4)5/h7-9,11-12,14,17H,6,10H2,1-5H3. The van der Waals surface area contributed by atoms with Gasteiger partial charge < -0.3 is 10.1 Å². The van der Waals surface area contributed by atoms with Crippen LogP contribution < -0.4 is 10.1 Å². The first kappa shape index (κ1) is 15.0. The summed E-state index contributed by atoms with van der Waals surface area (Å²) in [6.45, 7) is 11.6. The van der Waals surface area contributed by atoms with Crippen LogP contribution in [0.15, 0.2) is 18.3 Å². The highest BCUT2D eigenvalue weighted by atomic mass is 16.5. The Bertz CT molecular complexity index is 350. The van der Waals surface area contributed by atoms with Crippen molar-refractivity contribution < 1.29 is 4.74 Å². The molecule has 0 aliphatic heterocycles. The van der Waals surface area contributed by atoms with Crippen molar-refractivity contribution in [1.29, 1.82) is 0 Å². The second-order valence-electron chi connectivity index (χ2n) is 5.27. The van der Waals surface area contributed by atoms with Crippen LogP contribution in [0.3, 0.4) is 0 Å². The Morgan fingerprint density at radius 2 is 2.00 bits per heavy atom. The highest BCUT2D eigenvalue weighted by molar-refractivity contribution is 5.25. The fourth-order valence-corrected chi connectivity index (χ4v) is 1.98. The van der Waals surface area contributed by atoms with E-state index in [9.17, 15) is 0 Å². The predicted molar refractivity (Wildman–Crippen MR) is 75.8 cm³/mol. The molecule has 1 heterocycles. The van der Waals surface area contributed by atoms with Crippen LogP contribution >= 0.6 is 0 Å². The third-order valence-electron chi connectivity index (χ3n) is 3.00. The summed E-state index contributed by atoms with van der Waals surface area (Å²) in [5, 5.41) is 3.58. The van der Waals surface area contributed by atoms with Gasteiger partial charge in [-0.05, 0) is 32.3 Å². The molecule has 0 aliphatic rings. The van der Waals surface area contributed by atoms with E-state index in [4.69, 9.17) is 4.74 Å². The highest BCUT2D eigenvalue weighted by Gasteiger charge is 2.12. The number of rotatable bonds is 7. The Labute approximate surface area is 111 Å². The molecular formula is C15H26N2O. The van der Waals surface area contributed by atoms with Crippen molar-refractivity contribution in [2.45, 2.75) is 59.7 Å². The molecule has 0 fully saturated rings. The zero-order chi connectivity index (χ0) is 13.5. The van der Waals surface area contributed by atoms with E-state index in [1.165, 1.54) is 0 Å². The summed E-state index contributed by atoms with van der Waals surface area (Å²) in [4.78, 5) is 4.31. The van der Waals surface area contributed by atoms with Gasteiger partial charge in [-0.15, -0.1) is 0 Å². The Balaban J connectivity index is 2.66. The van der Waals surface area contributed by atoms with Crippen LogP contribution in [0, 0.1) is 5.92 Å². The summed E-state index contributed by atoms with van der Waals surface area (Å²) in [6.07, 6.45) is 3.07. The minimum absolute atomic E-state index is 0.158. The van der Waals surface area contributed by atoms with Gasteiger partial charge >= 0.3 is 0 Å². The second kappa shape index (κ2) is 7.37. The van der Waals surface area contributed by atoms with E-state index >= 15 is 0 Å². The van der Waals surface area contributed by atoms with Crippen LogP contribution in [0.5, 0.6) is 5.88 Å². The third kappa shape index (κ3) is 4.65. The molecular weight excluding hydrogens is 224 g/mol. The van der Waals surface area contributed by atoms with Gasteiger partial charge in [0.25, 0.3) is 0 Å². The Kier molecular flexibility index (Phi) is 6.13. The normalized spacial score (nSPS) is 13.1. The predicted octanol–water partition coefficient (Wildman–Crippen LogP) is 3.39. The molecule has 3 nitrogen and oxygen atoms in total. The lowest BCUT2D eigenvalue weighted by Crippen LogP contribution is -2.32. The largest absolute Gasteiger partial charge is 0.475 e. The van der Waals surface area contributed by atoms with Crippen molar-refractivity contribution in [3.05, 3.63) is 23.9 Å². The van der Waals surface area contributed by atoms with Gasteiger partial charge in [-0.25, -0.2) is 4.98 Å². The molecule has 1 rings (SSSR count). The molecule has 1 unspecified atom stereocenters. The van der Waals surface area contributed by atoms with Crippen LogP contribution in [0.4, 0.5) is 0 Å². The topological polar surface area (TPSA) is 34.2 Å². The van der Waals surface area contributed by atoms with Crippen molar-refractivity contribution in [2.75, 3.05) is 0 Å². The molecule has 0 amide bonds. The minimum Gasteiger partial charge on any atom is -0.475 e. The number of ether oxygens (including phenoxy) is 1. The van der Waals surface area contributed by atoms with E-state index in [2.05, 4.69) is 37.1 Å². The Morgan fingerprint density at radius 1 is 1.28 bits per heavy atom. The summed E-state index contributed by atoms with van der Waals surface area (Å²) < 4.78 is 5.72. The lowest BCUT2D eigenvalue weighted by Gasteiger charge is -2.21. The molecule has 0 bridgehead atoms. The van der Waals surface area contributed by atoms with Gasteiger partial charge in [-0.3, -0.25) is 0 Å². The minimum atomic E-state index is 0.158. The second-order valence-corrected chi connectivity index (χ2v) is 5.27. The number of hydrogen-bond acceptors (Lipinski definition) is 3.